The van der Waals surface area contributed by atoms with Gasteiger partial charge in [0.2, 0.25) is 0 Å². The van der Waals surface area contributed by atoms with Crippen molar-refractivity contribution >= 4 is 5.97 Å². The first kappa shape index (κ1) is 17.1. The Kier molecular flexibility index (Phi) is 4.83. The van der Waals surface area contributed by atoms with Crippen LogP contribution in [0.1, 0.15) is 11.1 Å². The predicted molar refractivity (Wildman–Crippen MR) is 82.1 cm³/mol. The van der Waals surface area contributed by atoms with Crippen molar-refractivity contribution in [2.45, 2.75) is 19.4 Å². The van der Waals surface area contributed by atoms with Gasteiger partial charge < -0.3 is 14.2 Å². The second-order valence-electron chi connectivity index (χ2n) is 5.62. The zero-order valence-electron chi connectivity index (χ0n) is 13.1. The molecule has 2 aromatic carbocycles. The molecule has 0 aromatic heterocycles. The van der Waals surface area contributed by atoms with Gasteiger partial charge in [0.25, 0.3) is 0 Å². The zero-order valence-corrected chi connectivity index (χ0v) is 13.1. The molecule has 1 heterocycles. The normalized spacial score (nSPS) is 16.5. The molecule has 2 aromatic rings. The Labute approximate surface area is 142 Å². The highest BCUT2D eigenvalue weighted by molar-refractivity contribution is 5.73. The minimum Gasteiger partial charge on any atom is -0.492 e. The van der Waals surface area contributed by atoms with Crippen molar-refractivity contribution in [3.05, 3.63) is 59.7 Å². The van der Waals surface area contributed by atoms with E-state index in [0.717, 1.165) is 11.3 Å². The van der Waals surface area contributed by atoms with E-state index in [9.17, 15) is 18.0 Å². The topological polar surface area (TPSA) is 44.8 Å². The molecular weight excluding hydrogens is 337 g/mol. The molecule has 0 aliphatic carbocycles. The molecule has 0 saturated carbocycles. The second-order valence-corrected chi connectivity index (χ2v) is 5.62. The molecule has 0 saturated heterocycles. The number of fused-ring (bicyclic) bond motifs is 1. The van der Waals surface area contributed by atoms with Crippen LogP contribution in [-0.2, 0) is 22.6 Å². The Morgan fingerprint density at radius 1 is 1.12 bits per heavy atom. The molecule has 0 amide bonds. The molecule has 25 heavy (non-hydrogen) atoms. The largest absolute Gasteiger partial charge is 0.573 e. The number of halogens is 3. The number of carbonyl (C=O) groups is 1. The van der Waals surface area contributed by atoms with E-state index in [1.54, 1.807) is 0 Å². The van der Waals surface area contributed by atoms with Crippen LogP contribution < -0.4 is 9.47 Å². The minimum absolute atomic E-state index is 0.0245. The van der Waals surface area contributed by atoms with E-state index >= 15 is 0 Å². The van der Waals surface area contributed by atoms with E-state index in [1.807, 2.05) is 24.3 Å². The number of para-hydroxylation sites is 1. The molecule has 0 fully saturated rings. The Hall–Kier alpha value is -2.70. The van der Waals surface area contributed by atoms with Gasteiger partial charge in [-0.25, -0.2) is 0 Å². The molecule has 1 atom stereocenters. The second kappa shape index (κ2) is 7.04. The van der Waals surface area contributed by atoms with Crippen molar-refractivity contribution in [2.24, 2.45) is 5.92 Å². The highest BCUT2D eigenvalue weighted by Gasteiger charge is 2.31. The zero-order chi connectivity index (χ0) is 17.9. The van der Waals surface area contributed by atoms with Gasteiger partial charge in [-0.2, -0.15) is 0 Å². The molecule has 4 nitrogen and oxygen atoms in total. The fourth-order valence-corrected chi connectivity index (χ4v) is 2.54. The third-order valence-corrected chi connectivity index (χ3v) is 3.75. The van der Waals surface area contributed by atoms with Crippen LogP contribution in [0.2, 0.25) is 0 Å². The summed E-state index contributed by atoms with van der Waals surface area (Å²) in [6.07, 6.45) is -4.20. The monoisotopic (exact) mass is 352 g/mol. The van der Waals surface area contributed by atoms with E-state index < -0.39 is 18.2 Å². The van der Waals surface area contributed by atoms with Crippen LogP contribution in [0.15, 0.2) is 48.5 Å². The van der Waals surface area contributed by atoms with Crippen LogP contribution in [0.5, 0.6) is 11.5 Å². The SMILES string of the molecule is O=C(OCc1ccc(OC(F)(F)F)cc1)C1COc2ccccc2C1. The average molecular weight is 352 g/mol. The van der Waals surface area contributed by atoms with E-state index in [0.29, 0.717) is 12.0 Å². The smallest absolute Gasteiger partial charge is 0.492 e. The lowest BCUT2D eigenvalue weighted by atomic mass is 9.97. The first-order valence-corrected chi connectivity index (χ1v) is 7.63. The average Bonchev–Trinajstić information content (AvgIpc) is 2.59. The predicted octanol–water partition coefficient (Wildman–Crippen LogP) is 3.88. The van der Waals surface area contributed by atoms with Crippen LogP contribution in [0.25, 0.3) is 0 Å². The number of hydrogen-bond acceptors (Lipinski definition) is 4. The first-order valence-electron chi connectivity index (χ1n) is 7.63. The lowest BCUT2D eigenvalue weighted by molar-refractivity contribution is -0.274. The standard InChI is InChI=1S/C18H15F3O4/c19-18(20,21)25-15-7-5-12(6-8-15)10-24-17(22)14-9-13-3-1-2-4-16(13)23-11-14/h1-8,14H,9-11H2. The van der Waals surface area contributed by atoms with Gasteiger partial charge in [0.1, 0.15) is 24.7 Å². The van der Waals surface area contributed by atoms with Crippen LogP contribution in [-0.4, -0.2) is 18.9 Å². The Balaban J connectivity index is 1.53. The molecule has 132 valence electrons. The van der Waals surface area contributed by atoms with Gasteiger partial charge in [0.15, 0.2) is 0 Å². The van der Waals surface area contributed by atoms with Crippen LogP contribution >= 0.6 is 0 Å². The summed E-state index contributed by atoms with van der Waals surface area (Å²) in [5.41, 5.74) is 1.52. The Morgan fingerprint density at radius 3 is 2.56 bits per heavy atom. The van der Waals surface area contributed by atoms with Crippen molar-refractivity contribution in [3.8, 4) is 11.5 Å². The number of esters is 1. The van der Waals surface area contributed by atoms with E-state index in [2.05, 4.69) is 4.74 Å². The number of ether oxygens (including phenoxy) is 3. The van der Waals surface area contributed by atoms with Crippen LogP contribution in [0.4, 0.5) is 13.2 Å². The molecular formula is C18H15F3O4. The van der Waals surface area contributed by atoms with Crippen molar-refractivity contribution < 1.29 is 32.2 Å². The lowest BCUT2D eigenvalue weighted by Crippen LogP contribution is -2.29. The van der Waals surface area contributed by atoms with Gasteiger partial charge in [-0.1, -0.05) is 30.3 Å². The summed E-state index contributed by atoms with van der Waals surface area (Å²) in [5.74, 6) is -0.348. The summed E-state index contributed by atoms with van der Waals surface area (Å²) in [4.78, 5) is 12.2. The van der Waals surface area contributed by atoms with Gasteiger partial charge in [0, 0.05) is 0 Å². The number of alkyl halides is 3. The Bertz CT molecular complexity index is 741. The molecule has 0 radical (unpaired) electrons. The molecule has 1 aliphatic heterocycles. The maximum absolute atomic E-state index is 12.2. The fourth-order valence-electron chi connectivity index (χ4n) is 2.54. The summed E-state index contributed by atoms with van der Waals surface area (Å²) < 4.78 is 50.9. The van der Waals surface area contributed by atoms with Gasteiger partial charge in [-0.05, 0) is 35.7 Å². The summed E-state index contributed by atoms with van der Waals surface area (Å²) in [6, 6.07) is 12.7. The Morgan fingerprint density at radius 2 is 1.84 bits per heavy atom. The van der Waals surface area contributed by atoms with Crippen LogP contribution in [0, 0.1) is 5.92 Å². The summed E-state index contributed by atoms with van der Waals surface area (Å²) >= 11 is 0. The fraction of sp³-hybridized carbons (Fsp3) is 0.278. The van der Waals surface area contributed by atoms with Gasteiger partial charge >= 0.3 is 12.3 Å². The number of hydrogen-bond donors (Lipinski definition) is 0. The van der Waals surface area contributed by atoms with Crippen molar-refractivity contribution in [1.29, 1.82) is 0 Å². The van der Waals surface area contributed by atoms with Crippen molar-refractivity contribution in [1.82, 2.24) is 0 Å². The van der Waals surface area contributed by atoms with Gasteiger partial charge in [-0.15, -0.1) is 13.2 Å². The molecule has 1 unspecified atom stereocenters. The van der Waals surface area contributed by atoms with E-state index in [1.165, 1.54) is 24.3 Å². The summed E-state index contributed by atoms with van der Waals surface area (Å²) in [5, 5.41) is 0. The highest BCUT2D eigenvalue weighted by Crippen LogP contribution is 2.27. The minimum atomic E-state index is -4.73. The molecule has 0 spiro atoms. The number of carbonyl (C=O) groups excluding carboxylic acids is 1. The lowest BCUT2D eigenvalue weighted by Gasteiger charge is -2.23. The third-order valence-electron chi connectivity index (χ3n) is 3.75. The maximum Gasteiger partial charge on any atom is 0.573 e. The van der Waals surface area contributed by atoms with Crippen LogP contribution in [0.3, 0.4) is 0 Å². The van der Waals surface area contributed by atoms with Crippen molar-refractivity contribution in [2.75, 3.05) is 6.61 Å². The first-order chi connectivity index (χ1) is 11.9. The van der Waals surface area contributed by atoms with Gasteiger partial charge in [0.05, 0.1) is 5.92 Å². The molecule has 7 heteroatoms. The number of rotatable bonds is 4. The number of benzene rings is 2. The van der Waals surface area contributed by atoms with E-state index in [4.69, 9.17) is 9.47 Å². The summed E-state index contributed by atoms with van der Waals surface area (Å²) in [6.45, 7) is 0.220. The molecule has 0 N–H and O–H groups in total. The highest BCUT2D eigenvalue weighted by atomic mass is 19.4. The quantitative estimate of drug-likeness (QED) is 0.784. The third kappa shape index (κ3) is 4.65. The maximum atomic E-state index is 12.2. The summed E-state index contributed by atoms with van der Waals surface area (Å²) in [7, 11) is 0. The molecule has 1 aliphatic rings. The van der Waals surface area contributed by atoms with Crippen molar-refractivity contribution in [3.63, 3.8) is 0 Å². The van der Waals surface area contributed by atoms with E-state index in [-0.39, 0.29) is 19.0 Å². The van der Waals surface area contributed by atoms with Gasteiger partial charge in [-0.3, -0.25) is 4.79 Å². The molecule has 3 rings (SSSR count). The molecule has 0 bridgehead atoms.